The molecule has 5 heteroatoms. The van der Waals surface area contributed by atoms with Crippen LogP contribution in [0.4, 0.5) is 11.4 Å². The molecule has 0 saturated heterocycles. The van der Waals surface area contributed by atoms with E-state index in [0.29, 0.717) is 30.0 Å². The van der Waals surface area contributed by atoms with Crippen molar-refractivity contribution < 1.29 is 14.7 Å². The van der Waals surface area contributed by atoms with E-state index in [1.54, 1.807) is 24.3 Å². The standard InChI is InChI=1S/C19H22N2O3/c1-4-21(5-2)17-11-10-15(12-16(17)19(23)24)20-18(22)14-8-6-13(3)7-9-14/h6-12H,4-5H2,1-3H3,(H,20,22)(H,23,24). The summed E-state index contributed by atoms with van der Waals surface area (Å²) in [5, 5.41) is 12.2. The first-order valence-electron chi connectivity index (χ1n) is 7.96. The molecule has 24 heavy (non-hydrogen) atoms. The van der Waals surface area contributed by atoms with Gasteiger partial charge in [0.25, 0.3) is 5.91 Å². The van der Waals surface area contributed by atoms with Crippen LogP contribution in [0.1, 0.15) is 40.1 Å². The molecule has 0 bridgehead atoms. The molecule has 0 unspecified atom stereocenters. The number of carbonyl (C=O) groups is 2. The van der Waals surface area contributed by atoms with Gasteiger partial charge in [-0.05, 0) is 51.1 Å². The molecule has 0 saturated carbocycles. The molecule has 0 aliphatic heterocycles. The largest absolute Gasteiger partial charge is 0.478 e. The van der Waals surface area contributed by atoms with Crippen LogP contribution in [0.5, 0.6) is 0 Å². The summed E-state index contributed by atoms with van der Waals surface area (Å²) in [6, 6.07) is 12.2. The van der Waals surface area contributed by atoms with Gasteiger partial charge in [0.05, 0.1) is 11.3 Å². The predicted octanol–water partition coefficient (Wildman–Crippen LogP) is 3.79. The van der Waals surface area contributed by atoms with Gasteiger partial charge in [-0.15, -0.1) is 0 Å². The minimum absolute atomic E-state index is 0.181. The third kappa shape index (κ3) is 3.93. The molecule has 0 heterocycles. The lowest BCUT2D eigenvalue weighted by Gasteiger charge is -2.23. The maximum absolute atomic E-state index is 12.3. The summed E-state index contributed by atoms with van der Waals surface area (Å²) >= 11 is 0. The van der Waals surface area contributed by atoms with Crippen LogP contribution in [0.15, 0.2) is 42.5 Å². The monoisotopic (exact) mass is 326 g/mol. The van der Waals surface area contributed by atoms with Crippen molar-refractivity contribution in [1.29, 1.82) is 0 Å². The third-order valence-electron chi connectivity index (χ3n) is 3.90. The predicted molar refractivity (Wildman–Crippen MR) is 96.1 cm³/mol. The molecule has 2 aromatic carbocycles. The number of aryl methyl sites for hydroxylation is 1. The average Bonchev–Trinajstić information content (AvgIpc) is 2.57. The van der Waals surface area contributed by atoms with E-state index >= 15 is 0 Å². The Bertz CT molecular complexity index is 735. The number of hydrogen-bond acceptors (Lipinski definition) is 3. The van der Waals surface area contributed by atoms with Crippen molar-refractivity contribution in [3.05, 3.63) is 59.2 Å². The van der Waals surface area contributed by atoms with Crippen molar-refractivity contribution in [2.75, 3.05) is 23.3 Å². The van der Waals surface area contributed by atoms with Gasteiger partial charge >= 0.3 is 5.97 Å². The van der Waals surface area contributed by atoms with Crippen molar-refractivity contribution in [3.63, 3.8) is 0 Å². The van der Waals surface area contributed by atoms with Gasteiger partial charge in [0.15, 0.2) is 0 Å². The lowest BCUT2D eigenvalue weighted by molar-refractivity contribution is 0.0697. The van der Waals surface area contributed by atoms with Crippen LogP contribution in [0.3, 0.4) is 0 Å². The Morgan fingerprint density at radius 1 is 1.04 bits per heavy atom. The highest BCUT2D eigenvalue weighted by Crippen LogP contribution is 2.25. The molecule has 2 N–H and O–H groups in total. The number of nitrogens with zero attached hydrogens (tertiary/aromatic N) is 1. The van der Waals surface area contributed by atoms with E-state index in [-0.39, 0.29) is 11.5 Å². The first kappa shape index (κ1) is 17.5. The number of carboxylic acids is 1. The van der Waals surface area contributed by atoms with Gasteiger partial charge in [-0.25, -0.2) is 4.79 Å². The molecule has 2 aromatic rings. The average molecular weight is 326 g/mol. The van der Waals surface area contributed by atoms with Gasteiger partial charge in [-0.1, -0.05) is 17.7 Å². The second kappa shape index (κ2) is 7.64. The number of hydrogen-bond donors (Lipinski definition) is 2. The number of amides is 1. The molecule has 0 spiro atoms. The van der Waals surface area contributed by atoms with E-state index in [1.165, 1.54) is 6.07 Å². The zero-order valence-corrected chi connectivity index (χ0v) is 14.2. The number of nitrogens with one attached hydrogen (secondary N) is 1. The molecular weight excluding hydrogens is 304 g/mol. The summed E-state index contributed by atoms with van der Waals surface area (Å²) < 4.78 is 0. The van der Waals surface area contributed by atoms with Crippen molar-refractivity contribution in [2.45, 2.75) is 20.8 Å². The van der Waals surface area contributed by atoms with Crippen LogP contribution in [0.2, 0.25) is 0 Å². The summed E-state index contributed by atoms with van der Waals surface area (Å²) in [6.07, 6.45) is 0. The first-order valence-corrected chi connectivity index (χ1v) is 7.96. The quantitative estimate of drug-likeness (QED) is 0.847. The number of benzene rings is 2. The second-order valence-corrected chi connectivity index (χ2v) is 5.53. The van der Waals surface area contributed by atoms with Crippen molar-refractivity contribution in [2.24, 2.45) is 0 Å². The van der Waals surface area contributed by atoms with Crippen molar-refractivity contribution in [3.8, 4) is 0 Å². The lowest BCUT2D eigenvalue weighted by atomic mass is 10.1. The fourth-order valence-electron chi connectivity index (χ4n) is 2.53. The normalized spacial score (nSPS) is 10.3. The molecule has 1 amide bonds. The van der Waals surface area contributed by atoms with Crippen molar-refractivity contribution >= 4 is 23.3 Å². The fourth-order valence-corrected chi connectivity index (χ4v) is 2.53. The molecule has 126 valence electrons. The Kier molecular flexibility index (Phi) is 5.58. The van der Waals surface area contributed by atoms with E-state index in [1.807, 2.05) is 37.8 Å². The molecule has 0 radical (unpaired) electrons. The zero-order valence-electron chi connectivity index (χ0n) is 14.2. The van der Waals surface area contributed by atoms with E-state index < -0.39 is 5.97 Å². The Hall–Kier alpha value is -2.82. The van der Waals surface area contributed by atoms with Gasteiger partial charge in [0.1, 0.15) is 0 Å². The highest BCUT2D eigenvalue weighted by atomic mass is 16.4. The Labute approximate surface area is 141 Å². The third-order valence-corrected chi connectivity index (χ3v) is 3.90. The Morgan fingerprint density at radius 3 is 2.21 bits per heavy atom. The van der Waals surface area contributed by atoms with Crippen LogP contribution in [0, 0.1) is 6.92 Å². The van der Waals surface area contributed by atoms with E-state index in [2.05, 4.69) is 5.32 Å². The van der Waals surface area contributed by atoms with Crippen LogP contribution < -0.4 is 10.2 Å². The summed E-state index contributed by atoms with van der Waals surface area (Å²) in [6.45, 7) is 7.33. The van der Waals surface area contributed by atoms with Gasteiger partial charge in [0, 0.05) is 24.3 Å². The van der Waals surface area contributed by atoms with Crippen LogP contribution in [-0.4, -0.2) is 30.1 Å². The van der Waals surface area contributed by atoms with Gasteiger partial charge in [-0.3, -0.25) is 4.79 Å². The Morgan fingerprint density at radius 2 is 1.67 bits per heavy atom. The number of carboxylic acid groups (broad SMARTS) is 1. The molecule has 5 nitrogen and oxygen atoms in total. The Balaban J connectivity index is 2.28. The van der Waals surface area contributed by atoms with E-state index in [0.717, 1.165) is 5.56 Å². The maximum atomic E-state index is 12.3. The number of aromatic carboxylic acids is 1. The van der Waals surface area contributed by atoms with Crippen LogP contribution >= 0.6 is 0 Å². The summed E-state index contributed by atoms with van der Waals surface area (Å²) in [5.41, 5.74) is 2.91. The number of carbonyl (C=O) groups excluding carboxylic acids is 1. The second-order valence-electron chi connectivity index (χ2n) is 5.53. The minimum atomic E-state index is -1.01. The number of anilines is 2. The minimum Gasteiger partial charge on any atom is -0.478 e. The molecule has 0 aromatic heterocycles. The lowest BCUT2D eigenvalue weighted by Crippen LogP contribution is -2.24. The van der Waals surface area contributed by atoms with Gasteiger partial charge in [0.2, 0.25) is 0 Å². The number of rotatable bonds is 6. The SMILES string of the molecule is CCN(CC)c1ccc(NC(=O)c2ccc(C)cc2)cc1C(=O)O. The molecule has 0 fully saturated rings. The van der Waals surface area contributed by atoms with Gasteiger partial charge in [-0.2, -0.15) is 0 Å². The van der Waals surface area contributed by atoms with Crippen LogP contribution in [0.25, 0.3) is 0 Å². The first-order chi connectivity index (χ1) is 11.5. The van der Waals surface area contributed by atoms with E-state index in [9.17, 15) is 14.7 Å². The van der Waals surface area contributed by atoms with Crippen molar-refractivity contribution in [1.82, 2.24) is 0 Å². The summed E-state index contributed by atoms with van der Waals surface area (Å²) in [5.74, 6) is -1.27. The van der Waals surface area contributed by atoms with Gasteiger partial charge < -0.3 is 15.3 Å². The molecule has 0 atom stereocenters. The summed E-state index contributed by atoms with van der Waals surface area (Å²) in [4.78, 5) is 25.8. The highest BCUT2D eigenvalue weighted by molar-refractivity contribution is 6.05. The highest BCUT2D eigenvalue weighted by Gasteiger charge is 2.16. The molecule has 0 aliphatic carbocycles. The summed E-state index contributed by atoms with van der Waals surface area (Å²) in [7, 11) is 0. The molecule has 2 rings (SSSR count). The fraction of sp³-hybridized carbons (Fsp3) is 0.263. The molecule has 0 aliphatic rings. The maximum Gasteiger partial charge on any atom is 0.337 e. The molecular formula is C19H22N2O3. The van der Waals surface area contributed by atoms with Crippen LogP contribution in [-0.2, 0) is 0 Å². The zero-order chi connectivity index (χ0) is 17.7. The topological polar surface area (TPSA) is 69.6 Å². The smallest absolute Gasteiger partial charge is 0.337 e. The van der Waals surface area contributed by atoms with E-state index in [4.69, 9.17) is 0 Å².